The van der Waals surface area contributed by atoms with Crippen LogP contribution in [0.1, 0.15) is 0 Å². The molecule has 1 aliphatic rings. The fourth-order valence-corrected chi connectivity index (χ4v) is 2.69. The molecule has 0 unspecified atom stereocenters. The molecule has 0 atom stereocenters. The second-order valence-corrected chi connectivity index (χ2v) is 5.07. The highest BCUT2D eigenvalue weighted by Gasteiger charge is 2.14. The number of thiazole rings is 1. The van der Waals surface area contributed by atoms with Gasteiger partial charge in [0.15, 0.2) is 22.4 Å². The van der Waals surface area contributed by atoms with E-state index in [1.54, 1.807) is 6.26 Å². The summed E-state index contributed by atoms with van der Waals surface area (Å²) >= 11 is 1.52. The maximum atomic E-state index is 5.35. The highest BCUT2D eigenvalue weighted by Crippen LogP contribution is 2.35. The molecule has 100 valence electrons. The molecule has 0 aliphatic carbocycles. The molecule has 2 aromatic heterocycles. The molecule has 0 bridgehead atoms. The molecule has 0 amide bonds. The van der Waals surface area contributed by atoms with E-state index < -0.39 is 0 Å². The number of nitrogens with one attached hydrogen (secondary N) is 1. The van der Waals surface area contributed by atoms with E-state index >= 15 is 0 Å². The molecular formula is C14H10N2O3S. The van der Waals surface area contributed by atoms with Gasteiger partial charge in [-0.3, -0.25) is 0 Å². The van der Waals surface area contributed by atoms with E-state index in [1.165, 1.54) is 11.3 Å². The van der Waals surface area contributed by atoms with E-state index in [9.17, 15) is 0 Å². The van der Waals surface area contributed by atoms with Gasteiger partial charge in [0.1, 0.15) is 5.69 Å². The first kappa shape index (κ1) is 11.4. The van der Waals surface area contributed by atoms with Crippen molar-refractivity contribution in [2.75, 3.05) is 12.1 Å². The summed E-state index contributed by atoms with van der Waals surface area (Å²) in [5.41, 5.74) is 1.73. The van der Waals surface area contributed by atoms with Crippen LogP contribution < -0.4 is 14.8 Å². The van der Waals surface area contributed by atoms with Crippen molar-refractivity contribution < 1.29 is 13.9 Å². The second kappa shape index (κ2) is 4.57. The molecule has 20 heavy (non-hydrogen) atoms. The lowest BCUT2D eigenvalue weighted by Gasteiger charge is -2.03. The van der Waals surface area contributed by atoms with Crippen molar-refractivity contribution in [3.05, 3.63) is 42.0 Å². The molecule has 1 aromatic carbocycles. The molecular weight excluding hydrogens is 276 g/mol. The summed E-state index contributed by atoms with van der Waals surface area (Å²) in [7, 11) is 0. The van der Waals surface area contributed by atoms with Gasteiger partial charge < -0.3 is 19.2 Å². The van der Waals surface area contributed by atoms with Crippen LogP contribution in [0.15, 0.2) is 46.4 Å². The predicted octanol–water partition coefficient (Wildman–Crippen LogP) is 3.88. The van der Waals surface area contributed by atoms with Gasteiger partial charge in [0, 0.05) is 17.1 Å². The summed E-state index contributed by atoms with van der Waals surface area (Å²) in [6.07, 6.45) is 1.64. The number of aromatic nitrogens is 1. The Morgan fingerprint density at radius 1 is 1.15 bits per heavy atom. The van der Waals surface area contributed by atoms with Crippen LogP contribution in [0.3, 0.4) is 0 Å². The SMILES string of the molecule is c1coc(-c2csc(Nc3ccc4c(c3)OCO4)n2)c1. The van der Waals surface area contributed by atoms with E-state index in [1.807, 2.05) is 35.7 Å². The summed E-state index contributed by atoms with van der Waals surface area (Å²) in [5, 5.41) is 6.00. The molecule has 0 fully saturated rings. The number of anilines is 2. The first-order valence-corrected chi connectivity index (χ1v) is 6.92. The minimum absolute atomic E-state index is 0.276. The molecule has 6 heteroatoms. The summed E-state index contributed by atoms with van der Waals surface area (Å²) in [6.45, 7) is 0.276. The third-order valence-electron chi connectivity index (χ3n) is 2.90. The van der Waals surface area contributed by atoms with E-state index in [0.717, 1.165) is 33.8 Å². The fraction of sp³-hybridized carbons (Fsp3) is 0.0714. The average Bonchev–Trinajstić information content (AvgIpc) is 3.19. The maximum Gasteiger partial charge on any atom is 0.231 e. The summed E-state index contributed by atoms with van der Waals surface area (Å²) in [5.74, 6) is 2.28. The van der Waals surface area contributed by atoms with Crippen molar-refractivity contribution in [3.8, 4) is 23.0 Å². The molecule has 0 spiro atoms. The quantitative estimate of drug-likeness (QED) is 0.792. The lowest BCUT2D eigenvalue weighted by molar-refractivity contribution is 0.174. The van der Waals surface area contributed by atoms with Crippen LogP contribution in [0, 0.1) is 0 Å². The first-order valence-electron chi connectivity index (χ1n) is 6.04. The Bertz CT molecular complexity index is 737. The second-order valence-electron chi connectivity index (χ2n) is 4.21. The van der Waals surface area contributed by atoms with Crippen LogP contribution in [0.25, 0.3) is 11.5 Å². The van der Waals surface area contributed by atoms with Crippen molar-refractivity contribution in [2.45, 2.75) is 0 Å². The summed E-state index contributed by atoms with van der Waals surface area (Å²) in [4.78, 5) is 4.48. The molecule has 1 N–H and O–H groups in total. The zero-order valence-corrected chi connectivity index (χ0v) is 11.1. The van der Waals surface area contributed by atoms with E-state index in [2.05, 4.69) is 10.3 Å². The minimum atomic E-state index is 0.276. The molecule has 4 rings (SSSR count). The molecule has 3 aromatic rings. The zero-order valence-electron chi connectivity index (χ0n) is 10.3. The molecule has 1 aliphatic heterocycles. The molecule has 0 saturated carbocycles. The molecule has 3 heterocycles. The number of ether oxygens (including phenoxy) is 2. The fourth-order valence-electron chi connectivity index (χ4n) is 1.97. The molecule has 0 radical (unpaired) electrons. The lowest BCUT2D eigenvalue weighted by Crippen LogP contribution is -1.93. The van der Waals surface area contributed by atoms with Crippen LogP contribution in [0.2, 0.25) is 0 Å². The Labute approximate surface area is 118 Å². The Balaban J connectivity index is 1.57. The number of hydrogen-bond donors (Lipinski definition) is 1. The van der Waals surface area contributed by atoms with E-state index in [0.29, 0.717) is 0 Å². The average molecular weight is 286 g/mol. The maximum absolute atomic E-state index is 5.35. The minimum Gasteiger partial charge on any atom is -0.463 e. The Morgan fingerprint density at radius 3 is 3.00 bits per heavy atom. The van der Waals surface area contributed by atoms with Gasteiger partial charge in [-0.25, -0.2) is 4.98 Å². The van der Waals surface area contributed by atoms with Crippen LogP contribution in [0.5, 0.6) is 11.5 Å². The van der Waals surface area contributed by atoms with Crippen molar-refractivity contribution in [1.29, 1.82) is 0 Å². The first-order chi connectivity index (χ1) is 9.88. The van der Waals surface area contributed by atoms with Gasteiger partial charge >= 0.3 is 0 Å². The highest BCUT2D eigenvalue weighted by molar-refractivity contribution is 7.14. The van der Waals surface area contributed by atoms with Gasteiger partial charge in [-0.05, 0) is 24.3 Å². The van der Waals surface area contributed by atoms with Gasteiger partial charge in [-0.2, -0.15) is 0 Å². The number of hydrogen-bond acceptors (Lipinski definition) is 6. The van der Waals surface area contributed by atoms with E-state index in [-0.39, 0.29) is 6.79 Å². The predicted molar refractivity (Wildman–Crippen MR) is 75.7 cm³/mol. The van der Waals surface area contributed by atoms with Gasteiger partial charge in [0.05, 0.1) is 6.26 Å². The monoisotopic (exact) mass is 286 g/mol. The molecule has 5 nitrogen and oxygen atoms in total. The zero-order chi connectivity index (χ0) is 13.4. The third-order valence-corrected chi connectivity index (χ3v) is 3.66. The van der Waals surface area contributed by atoms with Crippen LogP contribution in [-0.4, -0.2) is 11.8 Å². The number of rotatable bonds is 3. The van der Waals surface area contributed by atoms with Crippen LogP contribution >= 0.6 is 11.3 Å². The van der Waals surface area contributed by atoms with Crippen molar-refractivity contribution in [1.82, 2.24) is 4.98 Å². The van der Waals surface area contributed by atoms with Gasteiger partial charge in [0.25, 0.3) is 0 Å². The third kappa shape index (κ3) is 2.00. The van der Waals surface area contributed by atoms with Gasteiger partial charge in [-0.15, -0.1) is 11.3 Å². The van der Waals surface area contributed by atoms with Crippen LogP contribution in [-0.2, 0) is 0 Å². The van der Waals surface area contributed by atoms with Gasteiger partial charge in [-0.1, -0.05) is 0 Å². The number of furan rings is 1. The van der Waals surface area contributed by atoms with Crippen LogP contribution in [0.4, 0.5) is 10.8 Å². The van der Waals surface area contributed by atoms with Crippen molar-refractivity contribution in [3.63, 3.8) is 0 Å². The van der Waals surface area contributed by atoms with E-state index in [4.69, 9.17) is 13.9 Å². The number of benzene rings is 1. The highest BCUT2D eigenvalue weighted by atomic mass is 32.1. The lowest BCUT2D eigenvalue weighted by atomic mass is 10.3. The van der Waals surface area contributed by atoms with Crippen molar-refractivity contribution in [2.24, 2.45) is 0 Å². The summed E-state index contributed by atoms with van der Waals surface area (Å²) < 4.78 is 16.0. The Hall–Kier alpha value is -2.47. The standard InChI is InChI=1S/C14H10N2O3S/c1-2-11(17-5-1)10-7-20-14(16-10)15-9-3-4-12-13(6-9)19-8-18-12/h1-7H,8H2,(H,15,16). The normalized spacial score (nSPS) is 12.6. The smallest absolute Gasteiger partial charge is 0.231 e. The number of nitrogens with zero attached hydrogens (tertiary/aromatic N) is 1. The Morgan fingerprint density at radius 2 is 2.10 bits per heavy atom. The van der Waals surface area contributed by atoms with Gasteiger partial charge in [0.2, 0.25) is 6.79 Å². The summed E-state index contributed by atoms with van der Waals surface area (Å²) in [6, 6.07) is 9.45. The molecule has 0 saturated heterocycles. The largest absolute Gasteiger partial charge is 0.463 e. The van der Waals surface area contributed by atoms with Crippen molar-refractivity contribution >= 4 is 22.2 Å². The Kier molecular flexibility index (Phi) is 2.60. The number of fused-ring (bicyclic) bond motifs is 1. The topological polar surface area (TPSA) is 56.5 Å².